The van der Waals surface area contributed by atoms with Crippen LogP contribution in [0, 0.1) is 6.92 Å². The molecule has 2 atom stereocenters. The molecule has 0 saturated carbocycles. The first-order chi connectivity index (χ1) is 10.1. The SMILES string of the molecule is Cc1ccc(-c2nc(CN3C(C)CNCC3C)no2)cc1. The smallest absolute Gasteiger partial charge is 0.257 e. The van der Waals surface area contributed by atoms with Crippen LogP contribution in [0.4, 0.5) is 0 Å². The lowest BCUT2D eigenvalue weighted by molar-refractivity contribution is 0.104. The molecular formula is C16H22N4O. The Morgan fingerprint density at radius 1 is 1.19 bits per heavy atom. The van der Waals surface area contributed by atoms with E-state index in [1.165, 1.54) is 5.56 Å². The molecule has 1 saturated heterocycles. The maximum atomic E-state index is 5.40. The van der Waals surface area contributed by atoms with E-state index in [-0.39, 0.29) is 0 Å². The normalized spacial score (nSPS) is 23.4. The van der Waals surface area contributed by atoms with Crippen LogP contribution >= 0.6 is 0 Å². The van der Waals surface area contributed by atoms with E-state index in [4.69, 9.17) is 4.52 Å². The third kappa shape index (κ3) is 3.14. The third-order valence-corrected chi connectivity index (χ3v) is 4.10. The highest BCUT2D eigenvalue weighted by atomic mass is 16.5. The first-order valence-electron chi connectivity index (χ1n) is 7.49. The second-order valence-corrected chi connectivity index (χ2v) is 5.91. The summed E-state index contributed by atoms with van der Waals surface area (Å²) in [5.41, 5.74) is 2.20. The van der Waals surface area contributed by atoms with Crippen molar-refractivity contribution in [3.8, 4) is 11.5 Å². The predicted octanol–water partition coefficient (Wildman–Crippen LogP) is 2.23. The monoisotopic (exact) mass is 286 g/mol. The van der Waals surface area contributed by atoms with E-state index in [2.05, 4.69) is 53.3 Å². The topological polar surface area (TPSA) is 54.2 Å². The van der Waals surface area contributed by atoms with Gasteiger partial charge >= 0.3 is 0 Å². The fourth-order valence-electron chi connectivity index (χ4n) is 2.78. The summed E-state index contributed by atoms with van der Waals surface area (Å²) in [5, 5.41) is 7.56. The van der Waals surface area contributed by atoms with Crippen LogP contribution in [0.3, 0.4) is 0 Å². The van der Waals surface area contributed by atoms with Gasteiger partial charge in [-0.15, -0.1) is 0 Å². The van der Waals surface area contributed by atoms with Crippen molar-refractivity contribution in [1.29, 1.82) is 0 Å². The molecule has 0 amide bonds. The van der Waals surface area contributed by atoms with Crippen LogP contribution in [0.1, 0.15) is 25.2 Å². The molecule has 1 aliphatic rings. The number of hydrogen-bond acceptors (Lipinski definition) is 5. The molecule has 0 bridgehead atoms. The van der Waals surface area contributed by atoms with Crippen LogP contribution in [0.5, 0.6) is 0 Å². The van der Waals surface area contributed by atoms with E-state index in [0.717, 1.165) is 31.0 Å². The predicted molar refractivity (Wildman–Crippen MR) is 81.8 cm³/mol. The van der Waals surface area contributed by atoms with Crippen LogP contribution in [-0.4, -0.2) is 40.2 Å². The molecule has 112 valence electrons. The van der Waals surface area contributed by atoms with Crippen molar-refractivity contribution >= 4 is 0 Å². The van der Waals surface area contributed by atoms with Crippen molar-refractivity contribution in [2.24, 2.45) is 0 Å². The lowest BCUT2D eigenvalue weighted by atomic mass is 10.1. The largest absolute Gasteiger partial charge is 0.334 e. The van der Waals surface area contributed by atoms with Gasteiger partial charge in [0.15, 0.2) is 5.82 Å². The molecule has 0 radical (unpaired) electrons. The number of nitrogens with one attached hydrogen (secondary N) is 1. The minimum Gasteiger partial charge on any atom is -0.334 e. The van der Waals surface area contributed by atoms with Gasteiger partial charge in [0.1, 0.15) is 0 Å². The van der Waals surface area contributed by atoms with Crippen LogP contribution in [0.15, 0.2) is 28.8 Å². The number of piperazine rings is 1. The molecule has 3 rings (SSSR count). The molecule has 2 heterocycles. The van der Waals surface area contributed by atoms with Gasteiger partial charge in [0.2, 0.25) is 0 Å². The van der Waals surface area contributed by atoms with Gasteiger partial charge in [0.05, 0.1) is 6.54 Å². The molecule has 21 heavy (non-hydrogen) atoms. The Hall–Kier alpha value is -1.72. The molecule has 1 aromatic carbocycles. The van der Waals surface area contributed by atoms with Crippen LogP contribution in [-0.2, 0) is 6.54 Å². The minimum atomic E-state index is 0.482. The molecule has 1 aliphatic heterocycles. The Kier molecular flexibility index (Phi) is 4.03. The lowest BCUT2D eigenvalue weighted by Crippen LogP contribution is -2.54. The van der Waals surface area contributed by atoms with Crippen LogP contribution in [0.2, 0.25) is 0 Å². The average Bonchev–Trinajstić information content (AvgIpc) is 2.92. The zero-order valence-corrected chi connectivity index (χ0v) is 12.8. The highest BCUT2D eigenvalue weighted by Crippen LogP contribution is 2.19. The number of rotatable bonds is 3. The van der Waals surface area contributed by atoms with Gasteiger partial charge in [-0.05, 0) is 32.9 Å². The van der Waals surface area contributed by atoms with Crippen molar-refractivity contribution in [2.45, 2.75) is 39.4 Å². The molecule has 2 unspecified atom stereocenters. The van der Waals surface area contributed by atoms with Crippen molar-refractivity contribution in [3.05, 3.63) is 35.7 Å². The molecular weight excluding hydrogens is 264 g/mol. The molecule has 0 spiro atoms. The fourth-order valence-corrected chi connectivity index (χ4v) is 2.78. The maximum absolute atomic E-state index is 5.40. The summed E-state index contributed by atoms with van der Waals surface area (Å²) in [6.45, 7) is 9.27. The van der Waals surface area contributed by atoms with E-state index >= 15 is 0 Å². The van der Waals surface area contributed by atoms with Gasteiger partial charge < -0.3 is 9.84 Å². The molecule has 1 aromatic heterocycles. The van der Waals surface area contributed by atoms with Crippen molar-refractivity contribution < 1.29 is 4.52 Å². The lowest BCUT2D eigenvalue weighted by Gasteiger charge is -2.38. The second-order valence-electron chi connectivity index (χ2n) is 5.91. The summed E-state index contributed by atoms with van der Waals surface area (Å²) in [6.07, 6.45) is 0. The summed E-state index contributed by atoms with van der Waals surface area (Å²) in [4.78, 5) is 6.95. The molecule has 1 fully saturated rings. The maximum Gasteiger partial charge on any atom is 0.257 e. The highest BCUT2D eigenvalue weighted by Gasteiger charge is 2.25. The summed E-state index contributed by atoms with van der Waals surface area (Å²) in [7, 11) is 0. The Morgan fingerprint density at radius 3 is 2.52 bits per heavy atom. The average molecular weight is 286 g/mol. The zero-order chi connectivity index (χ0) is 14.8. The standard InChI is InChI=1S/C16H22N4O/c1-11-4-6-14(7-5-11)16-18-15(19-21-16)10-20-12(2)8-17-9-13(20)3/h4-7,12-13,17H,8-10H2,1-3H3. The fraction of sp³-hybridized carbons (Fsp3) is 0.500. The van der Waals surface area contributed by atoms with E-state index in [0.29, 0.717) is 18.0 Å². The Labute approximate surface area is 125 Å². The Bertz CT molecular complexity index is 583. The first-order valence-corrected chi connectivity index (χ1v) is 7.49. The summed E-state index contributed by atoms with van der Waals surface area (Å²) in [6, 6.07) is 9.11. The van der Waals surface area contributed by atoms with Crippen LogP contribution in [0.25, 0.3) is 11.5 Å². The van der Waals surface area contributed by atoms with E-state index < -0.39 is 0 Å². The number of nitrogens with zero attached hydrogens (tertiary/aromatic N) is 3. The molecule has 5 nitrogen and oxygen atoms in total. The van der Waals surface area contributed by atoms with Crippen molar-refractivity contribution in [2.75, 3.05) is 13.1 Å². The molecule has 5 heteroatoms. The van der Waals surface area contributed by atoms with Gasteiger partial charge in [-0.25, -0.2) is 0 Å². The number of hydrogen-bond donors (Lipinski definition) is 1. The second kappa shape index (κ2) is 5.95. The van der Waals surface area contributed by atoms with Gasteiger partial charge in [0.25, 0.3) is 5.89 Å². The number of benzene rings is 1. The van der Waals surface area contributed by atoms with Crippen molar-refractivity contribution in [3.63, 3.8) is 0 Å². The van der Waals surface area contributed by atoms with E-state index in [1.54, 1.807) is 0 Å². The van der Waals surface area contributed by atoms with Gasteiger partial charge in [-0.3, -0.25) is 4.90 Å². The molecule has 2 aromatic rings. The minimum absolute atomic E-state index is 0.482. The molecule has 1 N–H and O–H groups in total. The van der Waals surface area contributed by atoms with E-state index in [1.807, 2.05) is 12.1 Å². The highest BCUT2D eigenvalue weighted by molar-refractivity contribution is 5.53. The Balaban J connectivity index is 1.74. The van der Waals surface area contributed by atoms with Gasteiger partial charge in [-0.1, -0.05) is 22.9 Å². The van der Waals surface area contributed by atoms with E-state index in [9.17, 15) is 0 Å². The Morgan fingerprint density at radius 2 is 1.86 bits per heavy atom. The van der Waals surface area contributed by atoms with Gasteiger partial charge in [-0.2, -0.15) is 4.98 Å². The zero-order valence-electron chi connectivity index (χ0n) is 12.8. The quantitative estimate of drug-likeness (QED) is 0.937. The summed E-state index contributed by atoms with van der Waals surface area (Å²) < 4.78 is 5.40. The summed E-state index contributed by atoms with van der Waals surface area (Å²) >= 11 is 0. The first kappa shape index (κ1) is 14.2. The van der Waals surface area contributed by atoms with Crippen LogP contribution < -0.4 is 5.32 Å². The summed E-state index contributed by atoms with van der Waals surface area (Å²) in [5.74, 6) is 1.35. The molecule has 0 aliphatic carbocycles. The van der Waals surface area contributed by atoms with Crippen molar-refractivity contribution in [1.82, 2.24) is 20.4 Å². The number of aryl methyl sites for hydroxylation is 1. The number of aromatic nitrogens is 2. The van der Waals surface area contributed by atoms with Gasteiger partial charge in [0, 0.05) is 30.7 Å². The third-order valence-electron chi connectivity index (χ3n) is 4.10.